The van der Waals surface area contributed by atoms with Crippen LogP contribution in [0.15, 0.2) is 36.7 Å². The van der Waals surface area contributed by atoms with Crippen LogP contribution in [0, 0.1) is 0 Å². The smallest absolute Gasteiger partial charge is 0.140 e. The highest BCUT2D eigenvalue weighted by Gasteiger charge is 2.26. The lowest BCUT2D eigenvalue weighted by Crippen LogP contribution is -2.22. The van der Waals surface area contributed by atoms with E-state index in [1.54, 1.807) is 0 Å². The van der Waals surface area contributed by atoms with Gasteiger partial charge in [-0.1, -0.05) is 41.9 Å². The third-order valence-electron chi connectivity index (χ3n) is 3.79. The third kappa shape index (κ3) is 2.49. The summed E-state index contributed by atoms with van der Waals surface area (Å²) in [7, 11) is 0. The largest absolute Gasteiger partial charge is 0.391 e. The fourth-order valence-electron chi connectivity index (χ4n) is 2.74. The second-order valence-electron chi connectivity index (χ2n) is 4.97. The molecule has 1 aromatic heterocycles. The molecule has 1 saturated heterocycles. The summed E-state index contributed by atoms with van der Waals surface area (Å²) in [5.41, 5.74) is 1.96. The molecule has 0 saturated carbocycles. The molecule has 0 amide bonds. The molecule has 1 N–H and O–H groups in total. The maximum Gasteiger partial charge on any atom is 0.140 e. The zero-order valence-electron chi connectivity index (χ0n) is 11.0. The first-order valence-corrected chi connectivity index (χ1v) is 7.07. The predicted molar refractivity (Wildman–Crippen MR) is 79.0 cm³/mol. The van der Waals surface area contributed by atoms with Crippen molar-refractivity contribution in [2.75, 3.05) is 18.0 Å². The molecule has 0 aliphatic carbocycles. The summed E-state index contributed by atoms with van der Waals surface area (Å²) in [6.45, 7) is 1.67. The minimum absolute atomic E-state index is 0.137. The maximum atomic E-state index is 9.45. The van der Waals surface area contributed by atoms with Crippen LogP contribution < -0.4 is 4.90 Å². The fraction of sp³-hybridized carbons (Fsp3) is 0.333. The van der Waals surface area contributed by atoms with Crippen LogP contribution in [-0.4, -0.2) is 28.2 Å². The molecule has 1 fully saturated rings. The fourth-order valence-corrected chi connectivity index (χ4v) is 2.93. The topological polar surface area (TPSA) is 49.3 Å². The van der Waals surface area contributed by atoms with Gasteiger partial charge in [-0.2, -0.15) is 0 Å². The molecule has 1 unspecified atom stereocenters. The van der Waals surface area contributed by atoms with Gasteiger partial charge in [-0.25, -0.2) is 9.97 Å². The molecular formula is C15H16ClN3O. The van der Waals surface area contributed by atoms with E-state index in [0.717, 1.165) is 25.3 Å². The van der Waals surface area contributed by atoms with Gasteiger partial charge >= 0.3 is 0 Å². The highest BCUT2D eigenvalue weighted by Crippen LogP contribution is 2.32. The standard InChI is InChI=1S/C15H16ClN3O/c16-14-13(9-20)15(18-10-17-14)19-7-6-12(8-19)11-4-2-1-3-5-11/h1-5,10,12,20H,6-9H2. The highest BCUT2D eigenvalue weighted by atomic mass is 35.5. The number of aliphatic hydroxyl groups excluding tert-OH is 1. The van der Waals surface area contributed by atoms with Crippen molar-refractivity contribution < 1.29 is 5.11 Å². The molecule has 0 radical (unpaired) electrons. The van der Waals surface area contributed by atoms with E-state index in [2.05, 4.69) is 39.1 Å². The molecular weight excluding hydrogens is 274 g/mol. The number of hydrogen-bond acceptors (Lipinski definition) is 4. The van der Waals surface area contributed by atoms with Crippen LogP contribution in [-0.2, 0) is 6.61 Å². The van der Waals surface area contributed by atoms with E-state index in [-0.39, 0.29) is 6.61 Å². The van der Waals surface area contributed by atoms with E-state index in [1.807, 2.05) is 6.07 Å². The van der Waals surface area contributed by atoms with Gasteiger partial charge in [-0.3, -0.25) is 0 Å². The Balaban J connectivity index is 1.83. The van der Waals surface area contributed by atoms with Crippen LogP contribution in [0.3, 0.4) is 0 Å². The molecule has 4 nitrogen and oxygen atoms in total. The van der Waals surface area contributed by atoms with E-state index in [0.29, 0.717) is 16.6 Å². The van der Waals surface area contributed by atoms with E-state index in [1.165, 1.54) is 11.9 Å². The van der Waals surface area contributed by atoms with Crippen molar-refractivity contribution >= 4 is 17.4 Å². The molecule has 20 heavy (non-hydrogen) atoms. The summed E-state index contributed by atoms with van der Waals surface area (Å²) in [5, 5.41) is 9.79. The van der Waals surface area contributed by atoms with Gasteiger partial charge in [0.25, 0.3) is 0 Å². The zero-order valence-corrected chi connectivity index (χ0v) is 11.8. The van der Waals surface area contributed by atoms with Crippen molar-refractivity contribution in [1.82, 2.24) is 9.97 Å². The van der Waals surface area contributed by atoms with E-state index < -0.39 is 0 Å². The lowest BCUT2D eigenvalue weighted by Gasteiger charge is -2.20. The number of aromatic nitrogens is 2. The average molecular weight is 290 g/mol. The summed E-state index contributed by atoms with van der Waals surface area (Å²) in [6.07, 6.45) is 2.53. The molecule has 0 bridgehead atoms. The van der Waals surface area contributed by atoms with E-state index in [9.17, 15) is 5.11 Å². The molecule has 104 valence electrons. The van der Waals surface area contributed by atoms with Gasteiger partial charge in [-0.05, 0) is 12.0 Å². The Morgan fingerprint density at radius 3 is 2.80 bits per heavy atom. The van der Waals surface area contributed by atoms with Gasteiger partial charge in [0.1, 0.15) is 17.3 Å². The van der Waals surface area contributed by atoms with Gasteiger partial charge in [0.2, 0.25) is 0 Å². The Morgan fingerprint density at radius 1 is 1.25 bits per heavy atom. The molecule has 1 aliphatic heterocycles. The van der Waals surface area contributed by atoms with Gasteiger partial charge in [0.05, 0.1) is 12.2 Å². The van der Waals surface area contributed by atoms with E-state index >= 15 is 0 Å². The summed E-state index contributed by atoms with van der Waals surface area (Å²) in [4.78, 5) is 10.4. The van der Waals surface area contributed by atoms with Crippen molar-refractivity contribution in [3.8, 4) is 0 Å². The Labute approximate surface area is 123 Å². The Morgan fingerprint density at radius 2 is 2.05 bits per heavy atom. The van der Waals surface area contributed by atoms with Crippen LogP contribution >= 0.6 is 11.6 Å². The van der Waals surface area contributed by atoms with Crippen molar-refractivity contribution in [2.24, 2.45) is 0 Å². The minimum Gasteiger partial charge on any atom is -0.391 e. The van der Waals surface area contributed by atoms with Crippen LogP contribution in [0.25, 0.3) is 0 Å². The first-order chi connectivity index (χ1) is 9.79. The lowest BCUT2D eigenvalue weighted by atomic mass is 9.99. The lowest BCUT2D eigenvalue weighted by molar-refractivity contribution is 0.281. The first-order valence-electron chi connectivity index (χ1n) is 6.69. The molecule has 2 aromatic rings. The number of benzene rings is 1. The number of hydrogen-bond donors (Lipinski definition) is 1. The number of aliphatic hydroxyl groups is 1. The molecule has 0 spiro atoms. The normalized spacial score (nSPS) is 18.5. The van der Waals surface area contributed by atoms with Crippen molar-refractivity contribution in [3.05, 3.63) is 52.9 Å². The van der Waals surface area contributed by atoms with Crippen molar-refractivity contribution in [2.45, 2.75) is 18.9 Å². The minimum atomic E-state index is -0.137. The number of rotatable bonds is 3. The Bertz CT molecular complexity index is 591. The summed E-state index contributed by atoms with van der Waals surface area (Å²) in [5.74, 6) is 1.25. The molecule has 5 heteroatoms. The monoisotopic (exact) mass is 289 g/mol. The molecule has 1 aliphatic rings. The van der Waals surface area contributed by atoms with E-state index in [4.69, 9.17) is 11.6 Å². The zero-order chi connectivity index (χ0) is 13.9. The molecule has 1 atom stereocenters. The van der Waals surface area contributed by atoms with Crippen LogP contribution in [0.5, 0.6) is 0 Å². The van der Waals surface area contributed by atoms with Crippen molar-refractivity contribution in [1.29, 1.82) is 0 Å². The second-order valence-corrected chi connectivity index (χ2v) is 5.33. The second kappa shape index (κ2) is 5.77. The Kier molecular flexibility index (Phi) is 3.85. The molecule has 1 aromatic carbocycles. The maximum absolute atomic E-state index is 9.45. The number of anilines is 1. The Hall–Kier alpha value is -1.65. The highest BCUT2D eigenvalue weighted by molar-refractivity contribution is 6.30. The van der Waals surface area contributed by atoms with Gasteiger partial charge < -0.3 is 10.0 Å². The van der Waals surface area contributed by atoms with Gasteiger partial charge in [0, 0.05) is 19.0 Å². The molecule has 2 heterocycles. The van der Waals surface area contributed by atoms with Crippen LogP contribution in [0.2, 0.25) is 5.15 Å². The van der Waals surface area contributed by atoms with Crippen LogP contribution in [0.1, 0.15) is 23.5 Å². The van der Waals surface area contributed by atoms with Crippen LogP contribution in [0.4, 0.5) is 5.82 Å². The SMILES string of the molecule is OCc1c(Cl)ncnc1N1CCC(c2ccccc2)C1. The first kappa shape index (κ1) is 13.3. The number of halogens is 1. The average Bonchev–Trinajstić information content (AvgIpc) is 2.97. The quantitative estimate of drug-likeness (QED) is 0.883. The molecule has 3 rings (SSSR count). The number of nitrogens with zero attached hydrogens (tertiary/aromatic N) is 3. The van der Waals surface area contributed by atoms with Gasteiger partial charge in [0.15, 0.2) is 0 Å². The predicted octanol–water partition coefficient (Wildman–Crippen LogP) is 2.62. The third-order valence-corrected chi connectivity index (χ3v) is 4.11. The summed E-state index contributed by atoms with van der Waals surface area (Å²) < 4.78 is 0. The van der Waals surface area contributed by atoms with Crippen molar-refractivity contribution in [3.63, 3.8) is 0 Å². The van der Waals surface area contributed by atoms with Gasteiger partial charge in [-0.15, -0.1) is 0 Å². The summed E-state index contributed by atoms with van der Waals surface area (Å²) in [6, 6.07) is 10.5. The summed E-state index contributed by atoms with van der Waals surface area (Å²) >= 11 is 6.02.